The molecule has 0 aromatic heterocycles. The molecule has 0 aliphatic heterocycles. The second-order valence-corrected chi connectivity index (χ2v) is 5.29. The third-order valence-corrected chi connectivity index (χ3v) is 3.94. The fourth-order valence-corrected chi connectivity index (χ4v) is 2.93. The third-order valence-electron chi connectivity index (χ3n) is 3.94. The Labute approximate surface area is 121 Å². The standard InChI is InChI=1S/C14H16N2O5/c17-14-7-2-1-6-12(14)13(9-15(18)19)10-4-3-5-11(8-10)16(20)21/h3-5,8,12-13H,1-2,6-7,9H2/t12-,13-/m0/s1. The molecule has 7 nitrogen and oxygen atoms in total. The van der Waals surface area contributed by atoms with Gasteiger partial charge in [-0.3, -0.25) is 25.0 Å². The molecule has 7 heteroatoms. The molecular formula is C14H16N2O5. The first kappa shape index (κ1) is 15.1. The summed E-state index contributed by atoms with van der Waals surface area (Å²) in [6, 6.07) is 5.82. The summed E-state index contributed by atoms with van der Waals surface area (Å²) >= 11 is 0. The quantitative estimate of drug-likeness (QED) is 0.613. The van der Waals surface area contributed by atoms with Crippen molar-refractivity contribution in [2.45, 2.75) is 31.6 Å². The van der Waals surface area contributed by atoms with Crippen LogP contribution in [0.25, 0.3) is 0 Å². The minimum Gasteiger partial charge on any atom is -0.299 e. The molecule has 0 amide bonds. The van der Waals surface area contributed by atoms with Gasteiger partial charge >= 0.3 is 0 Å². The molecule has 0 heterocycles. The Kier molecular flexibility index (Phi) is 4.62. The number of non-ortho nitro benzene ring substituents is 1. The lowest BCUT2D eigenvalue weighted by Crippen LogP contribution is -2.30. The monoisotopic (exact) mass is 292 g/mol. The molecule has 1 fully saturated rings. The van der Waals surface area contributed by atoms with E-state index in [1.54, 1.807) is 6.07 Å². The second kappa shape index (κ2) is 6.43. The molecule has 1 aromatic carbocycles. The number of hydrogen-bond acceptors (Lipinski definition) is 5. The van der Waals surface area contributed by atoms with Crippen LogP contribution in [0, 0.1) is 26.1 Å². The molecule has 1 aliphatic rings. The largest absolute Gasteiger partial charge is 0.299 e. The number of nitrogens with zero attached hydrogens (tertiary/aromatic N) is 2. The van der Waals surface area contributed by atoms with E-state index in [0.29, 0.717) is 18.4 Å². The van der Waals surface area contributed by atoms with Crippen molar-refractivity contribution in [3.8, 4) is 0 Å². The predicted octanol–water partition coefficient (Wildman–Crippen LogP) is 2.71. The van der Waals surface area contributed by atoms with Crippen LogP contribution in [0.15, 0.2) is 24.3 Å². The first-order valence-electron chi connectivity index (χ1n) is 6.88. The van der Waals surface area contributed by atoms with Gasteiger partial charge in [-0.15, -0.1) is 0 Å². The Morgan fingerprint density at radius 2 is 2.00 bits per heavy atom. The van der Waals surface area contributed by atoms with Crippen molar-refractivity contribution in [1.29, 1.82) is 0 Å². The van der Waals surface area contributed by atoms with Gasteiger partial charge in [-0.05, 0) is 18.4 Å². The maximum Gasteiger partial charge on any atom is 0.269 e. The lowest BCUT2D eigenvalue weighted by atomic mass is 9.76. The van der Waals surface area contributed by atoms with Crippen LogP contribution in [0.2, 0.25) is 0 Å². The molecule has 1 aromatic rings. The predicted molar refractivity (Wildman–Crippen MR) is 74.7 cm³/mol. The van der Waals surface area contributed by atoms with Crippen LogP contribution in [0.4, 0.5) is 5.69 Å². The van der Waals surface area contributed by atoms with Crippen molar-refractivity contribution in [1.82, 2.24) is 0 Å². The van der Waals surface area contributed by atoms with Gasteiger partial charge in [-0.1, -0.05) is 18.6 Å². The average molecular weight is 292 g/mol. The van der Waals surface area contributed by atoms with E-state index in [2.05, 4.69) is 0 Å². The summed E-state index contributed by atoms with van der Waals surface area (Å²) in [5.74, 6) is -0.974. The number of benzene rings is 1. The number of nitro benzene ring substituents is 1. The van der Waals surface area contributed by atoms with Crippen LogP contribution in [0.3, 0.4) is 0 Å². The van der Waals surface area contributed by atoms with Gasteiger partial charge in [0.25, 0.3) is 5.69 Å². The SMILES string of the molecule is O=C1CCCC[C@H]1[C@@H](C[N+](=O)[O-])c1cccc([N+](=O)[O-])c1. The molecule has 1 saturated carbocycles. The van der Waals surface area contributed by atoms with Crippen LogP contribution in [0.5, 0.6) is 0 Å². The molecule has 2 rings (SSSR count). The Hall–Kier alpha value is -2.31. The molecule has 0 bridgehead atoms. The minimum absolute atomic E-state index is 0.0274. The van der Waals surface area contributed by atoms with E-state index in [1.165, 1.54) is 18.2 Å². The van der Waals surface area contributed by atoms with Crippen LogP contribution < -0.4 is 0 Å². The van der Waals surface area contributed by atoms with Gasteiger partial charge in [0, 0.05) is 29.4 Å². The first-order valence-corrected chi connectivity index (χ1v) is 6.88. The lowest BCUT2D eigenvalue weighted by molar-refractivity contribution is -0.484. The summed E-state index contributed by atoms with van der Waals surface area (Å²) in [5.41, 5.74) is 0.394. The highest BCUT2D eigenvalue weighted by Gasteiger charge is 2.35. The Balaban J connectivity index is 2.35. The summed E-state index contributed by atoms with van der Waals surface area (Å²) < 4.78 is 0. The van der Waals surface area contributed by atoms with Crippen molar-refractivity contribution < 1.29 is 14.6 Å². The van der Waals surface area contributed by atoms with E-state index in [1.807, 2.05) is 0 Å². The average Bonchev–Trinajstić information content (AvgIpc) is 2.45. The molecule has 2 atom stereocenters. The van der Waals surface area contributed by atoms with Crippen molar-refractivity contribution in [2.24, 2.45) is 5.92 Å². The zero-order valence-corrected chi connectivity index (χ0v) is 11.4. The van der Waals surface area contributed by atoms with Crippen molar-refractivity contribution in [3.05, 3.63) is 50.1 Å². The maximum absolute atomic E-state index is 12.1. The molecule has 0 unspecified atom stereocenters. The van der Waals surface area contributed by atoms with Gasteiger partial charge in [0.2, 0.25) is 6.54 Å². The summed E-state index contributed by atoms with van der Waals surface area (Å²) in [6.07, 6.45) is 2.73. The number of ketones is 1. The van der Waals surface area contributed by atoms with Crippen LogP contribution in [-0.2, 0) is 4.79 Å². The zero-order chi connectivity index (χ0) is 15.4. The van der Waals surface area contributed by atoms with Gasteiger partial charge in [-0.25, -0.2) is 0 Å². The highest BCUT2D eigenvalue weighted by molar-refractivity contribution is 5.82. The normalized spacial score (nSPS) is 20.0. The number of hydrogen-bond donors (Lipinski definition) is 0. The van der Waals surface area contributed by atoms with Crippen molar-refractivity contribution in [3.63, 3.8) is 0 Å². The molecule has 112 valence electrons. The highest BCUT2D eigenvalue weighted by atomic mass is 16.6. The molecule has 0 N–H and O–H groups in total. The zero-order valence-electron chi connectivity index (χ0n) is 11.4. The van der Waals surface area contributed by atoms with Gasteiger partial charge < -0.3 is 0 Å². The van der Waals surface area contributed by atoms with Gasteiger partial charge in [-0.2, -0.15) is 0 Å². The van der Waals surface area contributed by atoms with Gasteiger partial charge in [0.15, 0.2) is 0 Å². The molecule has 21 heavy (non-hydrogen) atoms. The Morgan fingerprint density at radius 1 is 1.24 bits per heavy atom. The van der Waals surface area contributed by atoms with E-state index in [4.69, 9.17) is 0 Å². The molecule has 1 aliphatic carbocycles. The Morgan fingerprint density at radius 3 is 2.62 bits per heavy atom. The van der Waals surface area contributed by atoms with Gasteiger partial charge in [0.05, 0.1) is 10.8 Å². The van der Waals surface area contributed by atoms with E-state index in [9.17, 15) is 25.0 Å². The number of carbonyl (C=O) groups excluding carboxylic acids is 1. The van der Waals surface area contributed by atoms with Crippen molar-refractivity contribution >= 4 is 11.5 Å². The summed E-state index contributed by atoms with van der Waals surface area (Å²) in [7, 11) is 0. The number of nitro groups is 2. The van der Waals surface area contributed by atoms with E-state index in [-0.39, 0.29) is 18.0 Å². The highest BCUT2D eigenvalue weighted by Crippen LogP contribution is 2.35. The summed E-state index contributed by atoms with van der Waals surface area (Å²) in [5, 5.41) is 21.8. The molecular weight excluding hydrogens is 276 g/mol. The molecule has 0 spiro atoms. The lowest BCUT2D eigenvalue weighted by Gasteiger charge is -2.26. The molecule has 0 saturated heterocycles. The smallest absolute Gasteiger partial charge is 0.269 e. The van der Waals surface area contributed by atoms with E-state index in [0.717, 1.165) is 12.8 Å². The fraction of sp³-hybridized carbons (Fsp3) is 0.500. The number of rotatable bonds is 5. The summed E-state index contributed by atoms with van der Waals surface area (Å²) in [4.78, 5) is 32.8. The minimum atomic E-state index is -0.590. The third kappa shape index (κ3) is 3.62. The fourth-order valence-electron chi connectivity index (χ4n) is 2.93. The van der Waals surface area contributed by atoms with E-state index < -0.39 is 21.7 Å². The number of carbonyl (C=O) groups is 1. The van der Waals surface area contributed by atoms with E-state index >= 15 is 0 Å². The van der Waals surface area contributed by atoms with Crippen LogP contribution in [0.1, 0.15) is 37.2 Å². The van der Waals surface area contributed by atoms with Crippen molar-refractivity contribution in [2.75, 3.05) is 6.54 Å². The summed E-state index contributed by atoms with van der Waals surface area (Å²) in [6.45, 7) is -0.377. The number of Topliss-reactive ketones (excluding diaryl/α,β-unsaturated/α-hetero) is 1. The van der Waals surface area contributed by atoms with Crippen LogP contribution >= 0.6 is 0 Å². The topological polar surface area (TPSA) is 103 Å². The van der Waals surface area contributed by atoms with Gasteiger partial charge in [0.1, 0.15) is 5.78 Å². The maximum atomic E-state index is 12.1. The first-order chi connectivity index (χ1) is 9.99. The van der Waals surface area contributed by atoms with Crippen LogP contribution in [-0.4, -0.2) is 22.2 Å². The Bertz CT molecular complexity index is 572. The second-order valence-electron chi connectivity index (χ2n) is 5.29. The molecule has 0 radical (unpaired) electrons.